The summed E-state index contributed by atoms with van der Waals surface area (Å²) < 4.78 is 0. The van der Waals surface area contributed by atoms with Crippen molar-refractivity contribution in [3.8, 4) is 0 Å². The first-order valence-electron chi connectivity index (χ1n) is 7.12. The van der Waals surface area contributed by atoms with Crippen LogP contribution in [0.3, 0.4) is 0 Å². The van der Waals surface area contributed by atoms with E-state index in [9.17, 15) is 9.59 Å². The smallest absolute Gasteiger partial charge is 0.225 e. The molecule has 0 saturated heterocycles. The number of carbonyl (C=O) groups is 2. The lowest BCUT2D eigenvalue weighted by Crippen LogP contribution is -2.42. The molecule has 0 aromatic carbocycles. The van der Waals surface area contributed by atoms with Gasteiger partial charge in [-0.2, -0.15) is 0 Å². The zero-order chi connectivity index (χ0) is 14.5. The molecule has 1 rings (SSSR count). The van der Waals surface area contributed by atoms with E-state index in [2.05, 4.69) is 10.6 Å². The van der Waals surface area contributed by atoms with Crippen LogP contribution in [0.5, 0.6) is 0 Å². The van der Waals surface area contributed by atoms with E-state index in [0.29, 0.717) is 31.8 Å². The minimum absolute atomic E-state index is 0. The van der Waals surface area contributed by atoms with Gasteiger partial charge < -0.3 is 16.4 Å². The lowest BCUT2D eigenvalue weighted by molar-refractivity contribution is -0.128. The van der Waals surface area contributed by atoms with Crippen LogP contribution in [0.25, 0.3) is 0 Å². The summed E-state index contributed by atoms with van der Waals surface area (Å²) in [6.45, 7) is 6.67. The fourth-order valence-corrected chi connectivity index (χ4v) is 1.86. The average molecular weight is 306 g/mol. The number of nitrogens with two attached hydrogens (primary N) is 1. The molecule has 0 aromatic rings. The lowest BCUT2D eigenvalue weighted by Gasteiger charge is -2.18. The van der Waals surface area contributed by atoms with Crippen molar-refractivity contribution < 1.29 is 9.59 Å². The molecular weight excluding hydrogens is 278 g/mol. The summed E-state index contributed by atoms with van der Waals surface area (Å²) in [5.41, 5.74) is 5.26. The second-order valence-electron chi connectivity index (χ2n) is 6.36. The lowest BCUT2D eigenvalue weighted by atomic mass is 9.96. The number of rotatable bonds is 7. The molecule has 1 atom stereocenters. The molecule has 1 aliphatic rings. The first kappa shape index (κ1) is 19.2. The van der Waals surface area contributed by atoms with Gasteiger partial charge in [-0.3, -0.25) is 9.59 Å². The molecule has 0 spiro atoms. The van der Waals surface area contributed by atoms with Crippen LogP contribution >= 0.6 is 12.4 Å². The first-order chi connectivity index (χ1) is 8.84. The van der Waals surface area contributed by atoms with Gasteiger partial charge in [0.25, 0.3) is 0 Å². The Morgan fingerprint density at radius 3 is 2.35 bits per heavy atom. The Hall–Kier alpha value is -0.810. The number of hydrogen-bond donors (Lipinski definition) is 3. The molecule has 0 bridgehead atoms. The van der Waals surface area contributed by atoms with Crippen LogP contribution in [-0.4, -0.2) is 30.9 Å². The molecule has 0 aromatic heterocycles. The van der Waals surface area contributed by atoms with Gasteiger partial charge in [0.1, 0.15) is 0 Å². The molecular formula is C14H28ClN3O2. The van der Waals surface area contributed by atoms with Crippen molar-refractivity contribution in [3.05, 3.63) is 0 Å². The second-order valence-corrected chi connectivity index (χ2v) is 6.36. The number of nitrogens with one attached hydrogen (secondary N) is 2. The van der Waals surface area contributed by atoms with Gasteiger partial charge in [0, 0.05) is 31.0 Å². The van der Waals surface area contributed by atoms with Crippen LogP contribution in [-0.2, 0) is 9.59 Å². The molecule has 118 valence electrons. The van der Waals surface area contributed by atoms with E-state index < -0.39 is 0 Å². The zero-order valence-corrected chi connectivity index (χ0v) is 13.5. The molecule has 4 N–H and O–H groups in total. The summed E-state index contributed by atoms with van der Waals surface area (Å²) in [6, 6.07) is 0.136. The second kappa shape index (κ2) is 8.47. The monoisotopic (exact) mass is 305 g/mol. The molecule has 0 heterocycles. The fraction of sp³-hybridized carbons (Fsp3) is 0.857. The SMILES string of the molecule is CC(C)(C)C(=O)NCCCC(=O)NC(CN)C1CC1.Cl. The third-order valence-corrected chi connectivity index (χ3v) is 3.34. The van der Waals surface area contributed by atoms with Crippen molar-refractivity contribution in [3.63, 3.8) is 0 Å². The molecule has 0 aliphatic heterocycles. The van der Waals surface area contributed by atoms with Crippen molar-refractivity contribution in [2.24, 2.45) is 17.1 Å². The van der Waals surface area contributed by atoms with E-state index in [-0.39, 0.29) is 35.7 Å². The normalized spacial score (nSPS) is 16.0. The summed E-state index contributed by atoms with van der Waals surface area (Å²) >= 11 is 0. The highest BCUT2D eigenvalue weighted by Gasteiger charge is 2.31. The van der Waals surface area contributed by atoms with Crippen molar-refractivity contribution in [1.29, 1.82) is 0 Å². The number of hydrogen-bond acceptors (Lipinski definition) is 3. The topological polar surface area (TPSA) is 84.2 Å². The Labute approximate surface area is 127 Å². The maximum absolute atomic E-state index is 11.7. The van der Waals surface area contributed by atoms with Gasteiger partial charge in [-0.05, 0) is 25.2 Å². The van der Waals surface area contributed by atoms with Crippen LogP contribution < -0.4 is 16.4 Å². The molecule has 5 nitrogen and oxygen atoms in total. The van der Waals surface area contributed by atoms with Gasteiger partial charge in [0.2, 0.25) is 11.8 Å². The minimum Gasteiger partial charge on any atom is -0.356 e. The Kier molecular flexibility index (Phi) is 8.13. The van der Waals surface area contributed by atoms with Gasteiger partial charge in [-0.1, -0.05) is 20.8 Å². The molecule has 1 saturated carbocycles. The molecule has 0 radical (unpaired) electrons. The highest BCUT2D eigenvalue weighted by atomic mass is 35.5. The summed E-state index contributed by atoms with van der Waals surface area (Å²) in [6.07, 6.45) is 3.44. The maximum Gasteiger partial charge on any atom is 0.225 e. The summed E-state index contributed by atoms with van der Waals surface area (Å²) in [7, 11) is 0. The molecule has 6 heteroatoms. The van der Waals surface area contributed by atoms with Crippen LogP contribution in [0.2, 0.25) is 0 Å². The predicted molar refractivity (Wildman–Crippen MR) is 82.7 cm³/mol. The molecule has 2 amide bonds. The number of amides is 2. The van der Waals surface area contributed by atoms with E-state index in [1.807, 2.05) is 20.8 Å². The van der Waals surface area contributed by atoms with E-state index in [1.54, 1.807) is 0 Å². The zero-order valence-electron chi connectivity index (χ0n) is 12.7. The van der Waals surface area contributed by atoms with Crippen molar-refractivity contribution in [1.82, 2.24) is 10.6 Å². The molecule has 1 aliphatic carbocycles. The quantitative estimate of drug-likeness (QED) is 0.618. The van der Waals surface area contributed by atoms with Crippen LogP contribution in [0.1, 0.15) is 46.5 Å². The third-order valence-electron chi connectivity index (χ3n) is 3.34. The number of halogens is 1. The Balaban J connectivity index is 0.00000361. The minimum atomic E-state index is -0.376. The summed E-state index contributed by atoms with van der Waals surface area (Å²) in [5.74, 6) is 0.632. The Morgan fingerprint density at radius 1 is 1.30 bits per heavy atom. The molecule has 20 heavy (non-hydrogen) atoms. The molecule has 1 fully saturated rings. The van der Waals surface area contributed by atoms with E-state index in [4.69, 9.17) is 5.73 Å². The molecule has 1 unspecified atom stereocenters. The summed E-state index contributed by atoms with van der Waals surface area (Å²) in [4.78, 5) is 23.3. The van der Waals surface area contributed by atoms with Gasteiger partial charge in [0.05, 0.1) is 0 Å². The van der Waals surface area contributed by atoms with Crippen LogP contribution in [0.4, 0.5) is 0 Å². The fourth-order valence-electron chi connectivity index (χ4n) is 1.86. The van der Waals surface area contributed by atoms with Crippen molar-refractivity contribution >= 4 is 24.2 Å². The largest absolute Gasteiger partial charge is 0.356 e. The Morgan fingerprint density at radius 2 is 1.90 bits per heavy atom. The number of carbonyl (C=O) groups excluding carboxylic acids is 2. The van der Waals surface area contributed by atoms with Gasteiger partial charge in [-0.15, -0.1) is 12.4 Å². The van der Waals surface area contributed by atoms with E-state index >= 15 is 0 Å². The van der Waals surface area contributed by atoms with Crippen LogP contribution in [0.15, 0.2) is 0 Å². The standard InChI is InChI=1S/C14H27N3O2.ClH/c1-14(2,3)13(19)16-8-4-5-12(18)17-11(9-15)10-6-7-10;/h10-11H,4-9,15H2,1-3H3,(H,16,19)(H,17,18);1H. The van der Waals surface area contributed by atoms with Gasteiger partial charge in [0.15, 0.2) is 0 Å². The predicted octanol–water partition coefficient (Wildman–Crippen LogP) is 1.20. The van der Waals surface area contributed by atoms with Crippen molar-refractivity contribution in [2.75, 3.05) is 13.1 Å². The van der Waals surface area contributed by atoms with Crippen LogP contribution in [0, 0.1) is 11.3 Å². The van der Waals surface area contributed by atoms with Gasteiger partial charge in [-0.25, -0.2) is 0 Å². The van der Waals surface area contributed by atoms with E-state index in [0.717, 1.165) is 0 Å². The highest BCUT2D eigenvalue weighted by molar-refractivity contribution is 5.85. The Bertz CT molecular complexity index is 325. The van der Waals surface area contributed by atoms with Gasteiger partial charge >= 0.3 is 0 Å². The van der Waals surface area contributed by atoms with Crippen molar-refractivity contribution in [2.45, 2.75) is 52.5 Å². The third kappa shape index (κ3) is 7.10. The maximum atomic E-state index is 11.7. The average Bonchev–Trinajstić information content (AvgIpc) is 3.14. The first-order valence-corrected chi connectivity index (χ1v) is 7.12. The highest BCUT2D eigenvalue weighted by Crippen LogP contribution is 2.32. The summed E-state index contributed by atoms with van der Waals surface area (Å²) in [5, 5.41) is 5.81. The van der Waals surface area contributed by atoms with E-state index in [1.165, 1.54) is 12.8 Å².